The molecule has 2 aliphatic rings. The molecule has 0 amide bonds. The molecule has 4 nitrogen and oxygen atoms in total. The van der Waals surface area contributed by atoms with Gasteiger partial charge in [0.15, 0.2) is 0 Å². The fourth-order valence-electron chi connectivity index (χ4n) is 2.23. The van der Waals surface area contributed by atoms with Crippen molar-refractivity contribution in [3.8, 4) is 0 Å². The number of rotatable bonds is 6. The van der Waals surface area contributed by atoms with E-state index in [2.05, 4.69) is 10.0 Å². The van der Waals surface area contributed by atoms with E-state index in [1.54, 1.807) is 6.07 Å². The predicted octanol–water partition coefficient (Wildman–Crippen LogP) is 2.17. The lowest BCUT2D eigenvalue weighted by Crippen LogP contribution is -2.36. The van der Waals surface area contributed by atoms with Crippen molar-refractivity contribution >= 4 is 33.1 Å². The number of nitrogens with one attached hydrogen (secondary N) is 2. The highest BCUT2D eigenvalue weighted by atomic mass is 32.2. The fourth-order valence-corrected chi connectivity index (χ4v) is 5.87. The van der Waals surface area contributed by atoms with Crippen LogP contribution in [0.15, 0.2) is 15.7 Å². The predicted molar refractivity (Wildman–Crippen MR) is 84.8 cm³/mol. The molecule has 1 aromatic rings. The Hall–Kier alpha value is -0.0800. The summed E-state index contributed by atoms with van der Waals surface area (Å²) in [5, 5.41) is 5.35. The summed E-state index contributed by atoms with van der Waals surface area (Å²) in [5.41, 5.74) is 1.07. The van der Waals surface area contributed by atoms with Crippen LogP contribution >= 0.6 is 23.1 Å². The minimum Gasteiger partial charge on any atom is -0.310 e. The molecule has 2 fully saturated rings. The van der Waals surface area contributed by atoms with Crippen LogP contribution < -0.4 is 10.0 Å². The minimum atomic E-state index is -3.33. The quantitative estimate of drug-likeness (QED) is 0.838. The molecule has 0 bridgehead atoms. The summed E-state index contributed by atoms with van der Waals surface area (Å²) >= 11 is 3.22. The van der Waals surface area contributed by atoms with Crippen molar-refractivity contribution in [2.45, 2.75) is 48.5 Å². The summed E-state index contributed by atoms with van der Waals surface area (Å²) in [6, 6.07) is 2.56. The van der Waals surface area contributed by atoms with E-state index in [1.165, 1.54) is 24.2 Å². The van der Waals surface area contributed by atoms with Crippen molar-refractivity contribution < 1.29 is 8.42 Å². The molecular formula is C13H20N2O2S3. The summed E-state index contributed by atoms with van der Waals surface area (Å²) in [4.78, 5) is 0. The molecule has 0 unspecified atom stereocenters. The standard InChI is InChI=1S/C13H20N2O2S3/c16-20(17,15-12-3-5-18-6-4-12)13-7-10(9-19-13)8-14-11-1-2-11/h7,9,11-12,14-15H,1-6,8H2. The molecule has 0 spiro atoms. The largest absolute Gasteiger partial charge is 0.310 e. The summed E-state index contributed by atoms with van der Waals surface area (Å²) in [5.74, 6) is 2.10. The van der Waals surface area contributed by atoms with Crippen molar-refractivity contribution in [3.05, 3.63) is 17.0 Å². The molecule has 0 radical (unpaired) electrons. The van der Waals surface area contributed by atoms with Gasteiger partial charge in [0.1, 0.15) is 4.21 Å². The highest BCUT2D eigenvalue weighted by Crippen LogP contribution is 2.24. The number of thiophene rings is 1. The molecular weight excluding hydrogens is 312 g/mol. The van der Waals surface area contributed by atoms with E-state index >= 15 is 0 Å². The zero-order chi connectivity index (χ0) is 14.0. The van der Waals surface area contributed by atoms with E-state index in [1.807, 2.05) is 17.1 Å². The van der Waals surface area contributed by atoms with Crippen molar-refractivity contribution in [1.82, 2.24) is 10.0 Å². The first-order valence-corrected chi connectivity index (χ1v) is 10.6. The molecule has 20 heavy (non-hydrogen) atoms. The second kappa shape index (κ2) is 6.36. The van der Waals surface area contributed by atoms with Crippen LogP contribution in [0.3, 0.4) is 0 Å². The van der Waals surface area contributed by atoms with Gasteiger partial charge in [-0.1, -0.05) is 0 Å². The van der Waals surface area contributed by atoms with Crippen molar-refractivity contribution in [2.75, 3.05) is 11.5 Å². The Morgan fingerprint density at radius 2 is 1.90 bits per heavy atom. The highest BCUT2D eigenvalue weighted by Gasteiger charge is 2.24. The Balaban J connectivity index is 1.60. The third-order valence-corrected chi connectivity index (χ3v) is 7.67. The molecule has 1 aromatic heterocycles. The zero-order valence-corrected chi connectivity index (χ0v) is 13.7. The van der Waals surface area contributed by atoms with Crippen LogP contribution in [-0.2, 0) is 16.6 Å². The molecule has 1 saturated carbocycles. The highest BCUT2D eigenvalue weighted by molar-refractivity contribution is 7.99. The van der Waals surface area contributed by atoms with Crippen LogP contribution in [0.5, 0.6) is 0 Å². The Bertz CT molecular complexity index is 546. The fraction of sp³-hybridized carbons (Fsp3) is 0.692. The lowest BCUT2D eigenvalue weighted by atomic mass is 10.2. The maximum atomic E-state index is 12.3. The van der Waals surface area contributed by atoms with E-state index in [0.29, 0.717) is 10.3 Å². The van der Waals surface area contributed by atoms with E-state index in [9.17, 15) is 8.42 Å². The van der Waals surface area contributed by atoms with E-state index < -0.39 is 10.0 Å². The molecule has 7 heteroatoms. The summed E-state index contributed by atoms with van der Waals surface area (Å²) in [6.07, 6.45) is 4.36. The van der Waals surface area contributed by atoms with Gasteiger partial charge < -0.3 is 5.32 Å². The molecule has 1 saturated heterocycles. The maximum absolute atomic E-state index is 12.3. The number of hydrogen-bond donors (Lipinski definition) is 2. The van der Waals surface area contributed by atoms with Gasteiger partial charge in [0.2, 0.25) is 10.0 Å². The first-order chi connectivity index (χ1) is 9.63. The molecule has 2 heterocycles. The number of sulfonamides is 1. The van der Waals surface area contributed by atoms with Crippen LogP contribution in [-0.4, -0.2) is 32.0 Å². The van der Waals surface area contributed by atoms with Gasteiger partial charge in [-0.15, -0.1) is 11.3 Å². The molecule has 112 valence electrons. The van der Waals surface area contributed by atoms with E-state index in [-0.39, 0.29) is 6.04 Å². The Morgan fingerprint density at radius 3 is 2.60 bits per heavy atom. The van der Waals surface area contributed by atoms with Crippen molar-refractivity contribution in [2.24, 2.45) is 0 Å². The lowest BCUT2D eigenvalue weighted by Gasteiger charge is -2.21. The average molecular weight is 333 g/mol. The van der Waals surface area contributed by atoms with Crippen LogP contribution in [0.4, 0.5) is 0 Å². The van der Waals surface area contributed by atoms with Crippen LogP contribution in [0, 0.1) is 0 Å². The lowest BCUT2D eigenvalue weighted by molar-refractivity contribution is 0.530. The molecule has 0 aromatic carbocycles. The third-order valence-electron chi connectivity index (χ3n) is 3.61. The summed E-state index contributed by atoms with van der Waals surface area (Å²) in [6.45, 7) is 0.775. The zero-order valence-electron chi connectivity index (χ0n) is 11.3. The average Bonchev–Trinajstić information content (AvgIpc) is 3.13. The normalized spacial score (nSPS) is 21.2. The topological polar surface area (TPSA) is 58.2 Å². The van der Waals surface area contributed by atoms with Crippen molar-refractivity contribution in [3.63, 3.8) is 0 Å². The number of hydrogen-bond acceptors (Lipinski definition) is 5. The van der Waals surface area contributed by atoms with Gasteiger partial charge in [0.25, 0.3) is 0 Å². The van der Waals surface area contributed by atoms with Crippen LogP contribution in [0.1, 0.15) is 31.2 Å². The van der Waals surface area contributed by atoms with Gasteiger partial charge in [0.05, 0.1) is 0 Å². The first kappa shape index (κ1) is 14.8. The SMILES string of the molecule is O=S(=O)(NC1CCSCC1)c1cc(CNC2CC2)cs1. The van der Waals surface area contributed by atoms with E-state index in [4.69, 9.17) is 0 Å². The Labute approximate surface area is 128 Å². The van der Waals surface area contributed by atoms with E-state index in [0.717, 1.165) is 36.5 Å². The molecule has 1 aliphatic carbocycles. The monoisotopic (exact) mass is 332 g/mol. The van der Waals surface area contributed by atoms with Crippen LogP contribution in [0.2, 0.25) is 0 Å². The first-order valence-electron chi connectivity index (χ1n) is 7.04. The molecule has 1 aliphatic heterocycles. The Kier molecular flexibility index (Phi) is 4.72. The molecule has 3 rings (SSSR count). The maximum Gasteiger partial charge on any atom is 0.250 e. The number of thioether (sulfide) groups is 1. The molecule has 0 atom stereocenters. The van der Waals surface area contributed by atoms with Gasteiger partial charge in [-0.25, -0.2) is 13.1 Å². The van der Waals surface area contributed by atoms with Crippen LogP contribution in [0.25, 0.3) is 0 Å². The van der Waals surface area contributed by atoms with Gasteiger partial charge in [-0.05, 0) is 54.2 Å². The van der Waals surface area contributed by atoms with Crippen molar-refractivity contribution in [1.29, 1.82) is 0 Å². The van der Waals surface area contributed by atoms with Gasteiger partial charge >= 0.3 is 0 Å². The van der Waals surface area contributed by atoms with Gasteiger partial charge in [-0.2, -0.15) is 11.8 Å². The summed E-state index contributed by atoms with van der Waals surface area (Å²) < 4.78 is 28.0. The third kappa shape index (κ3) is 3.98. The smallest absolute Gasteiger partial charge is 0.250 e. The van der Waals surface area contributed by atoms with Gasteiger partial charge in [-0.3, -0.25) is 0 Å². The Morgan fingerprint density at radius 1 is 1.15 bits per heavy atom. The molecule has 2 N–H and O–H groups in total. The second-order valence-electron chi connectivity index (χ2n) is 5.44. The second-order valence-corrected chi connectivity index (χ2v) is 9.51. The van der Waals surface area contributed by atoms with Gasteiger partial charge in [0, 0.05) is 18.6 Å². The summed E-state index contributed by atoms with van der Waals surface area (Å²) in [7, 11) is -3.33. The minimum absolute atomic E-state index is 0.108.